The lowest BCUT2D eigenvalue weighted by atomic mass is 9.96. The second-order valence-electron chi connectivity index (χ2n) is 17.3. The van der Waals surface area contributed by atoms with E-state index in [4.69, 9.17) is 22.3 Å². The van der Waals surface area contributed by atoms with E-state index >= 15 is 0 Å². The van der Waals surface area contributed by atoms with Gasteiger partial charge in [-0.05, 0) is 55.2 Å². The number of rotatable bonds is 17. The number of carboxylic acid groups (broad SMARTS) is 1. The highest BCUT2D eigenvalue weighted by atomic mass is 33.1. The highest BCUT2D eigenvalue weighted by Crippen LogP contribution is 2.26. The van der Waals surface area contributed by atoms with Gasteiger partial charge in [0.15, 0.2) is 0 Å². The summed E-state index contributed by atoms with van der Waals surface area (Å²) in [6.45, 7) is 6.31. The molecule has 2 saturated heterocycles. The number of nitrogens with one attached hydrogen (secondary N) is 7. The molecule has 26 heteroatoms. The van der Waals surface area contributed by atoms with E-state index in [-0.39, 0.29) is 49.0 Å². The van der Waals surface area contributed by atoms with Crippen molar-refractivity contribution >= 4 is 86.6 Å². The summed E-state index contributed by atoms with van der Waals surface area (Å²) in [4.78, 5) is 148. The molecule has 0 aromatic heterocycles. The predicted octanol–water partition coefficient (Wildman–Crippen LogP) is -3.01. The van der Waals surface area contributed by atoms with Crippen LogP contribution >= 0.6 is 21.6 Å². The van der Waals surface area contributed by atoms with Crippen LogP contribution in [0, 0.1) is 11.8 Å². The number of hydrogen-bond donors (Lipinski definition) is 12. The molecule has 1 aromatic rings. The van der Waals surface area contributed by atoms with E-state index < -0.39 is 145 Å². The third-order valence-electron chi connectivity index (χ3n) is 11.3. The van der Waals surface area contributed by atoms with Gasteiger partial charge in [0.05, 0.1) is 12.5 Å². The Morgan fingerprint density at radius 2 is 1.42 bits per heavy atom. The zero-order chi connectivity index (χ0) is 51.5. The number of carboxylic acids is 1. The lowest BCUT2D eigenvalue weighted by Crippen LogP contribution is -2.61. The van der Waals surface area contributed by atoms with Gasteiger partial charge in [-0.1, -0.05) is 67.8 Å². The highest BCUT2D eigenvalue weighted by Gasteiger charge is 2.41. The monoisotopic (exact) mass is 1010 g/mol. The van der Waals surface area contributed by atoms with Crippen molar-refractivity contribution in [2.45, 2.75) is 127 Å². The van der Waals surface area contributed by atoms with Crippen LogP contribution in [0.4, 0.5) is 0 Å². The summed E-state index contributed by atoms with van der Waals surface area (Å²) >= 11 is 0. The number of primary amides is 2. The van der Waals surface area contributed by atoms with Crippen LogP contribution in [0.3, 0.4) is 0 Å². The molecule has 24 nitrogen and oxygen atoms in total. The Morgan fingerprint density at radius 3 is 2.03 bits per heavy atom. The van der Waals surface area contributed by atoms with E-state index in [9.17, 15) is 57.8 Å². The Kier molecular flexibility index (Phi) is 23.0. The predicted molar refractivity (Wildman–Crippen MR) is 253 cm³/mol. The number of aliphatic carboxylic acids is 1. The third-order valence-corrected chi connectivity index (χ3v) is 13.7. The van der Waals surface area contributed by atoms with Crippen molar-refractivity contribution in [1.29, 1.82) is 0 Å². The first-order chi connectivity index (χ1) is 32.5. The Morgan fingerprint density at radius 1 is 0.812 bits per heavy atom. The number of hydrogen-bond acceptors (Lipinski definition) is 15. The molecule has 382 valence electrons. The van der Waals surface area contributed by atoms with Crippen LogP contribution in [0.5, 0.6) is 5.75 Å². The number of aromatic hydroxyl groups is 1. The van der Waals surface area contributed by atoms with Crippen LogP contribution < -0.4 is 54.4 Å². The lowest BCUT2D eigenvalue weighted by molar-refractivity contribution is -0.142. The molecule has 0 radical (unpaired) electrons. The van der Waals surface area contributed by atoms with Crippen molar-refractivity contribution in [3.8, 4) is 5.75 Å². The molecule has 2 aliphatic heterocycles. The zero-order valence-electron chi connectivity index (χ0n) is 38.9. The van der Waals surface area contributed by atoms with Gasteiger partial charge in [-0.2, -0.15) is 0 Å². The summed E-state index contributed by atoms with van der Waals surface area (Å²) in [5.41, 5.74) is 17.7. The summed E-state index contributed by atoms with van der Waals surface area (Å²) in [5.74, 6) is -11.1. The quantitative estimate of drug-likeness (QED) is 0.0692. The standard InChI is InChI=1S/C43H65N11O13S2/c1-5-22(4)35-42(66)48-26(12-13-32(45)56)38(62)50-29(17-33(46)57)39(63)52-30(20-69-68-19-25(44)36(60)49-28(40(64)53-35)16-23-8-10-24(55)11-9-23)43(67)54-14-6-7-31(54)41(65)51-27(15-21(2)3)37(61)47-18-34(58)59/h8-11,21-22,25-31,35,55H,5-7,12-20,44H2,1-4H3,(H2,45,56)(H2,46,57)(H,47,61)(H,48,66)(H,49,60)(H,50,62)(H,51,65)(H,52,63)(H,53,64)(H,58,59). The van der Waals surface area contributed by atoms with Crippen molar-refractivity contribution in [3.05, 3.63) is 29.8 Å². The van der Waals surface area contributed by atoms with E-state index in [0.29, 0.717) is 18.4 Å². The average molecular weight is 1010 g/mol. The molecule has 2 fully saturated rings. The minimum Gasteiger partial charge on any atom is -0.508 e. The summed E-state index contributed by atoms with van der Waals surface area (Å²) in [6, 6.07) is -5.19. The van der Waals surface area contributed by atoms with Crippen LogP contribution in [0.25, 0.3) is 0 Å². The number of benzene rings is 1. The summed E-state index contributed by atoms with van der Waals surface area (Å²) in [7, 11) is 2.03. The first kappa shape index (κ1) is 57.2. The molecule has 2 aliphatic rings. The van der Waals surface area contributed by atoms with Crippen LogP contribution in [0.2, 0.25) is 0 Å². The normalized spacial score (nSPS) is 24.3. The number of phenolic OH excluding ortho intramolecular Hbond substituents is 1. The number of nitrogens with zero attached hydrogens (tertiary/aromatic N) is 1. The number of amides is 10. The van der Waals surface area contributed by atoms with Crippen molar-refractivity contribution < 1.29 is 63.0 Å². The minimum atomic E-state index is -1.76. The topological polar surface area (TPSA) is 394 Å². The van der Waals surface area contributed by atoms with Crippen LogP contribution in [0.1, 0.15) is 78.2 Å². The maximum Gasteiger partial charge on any atom is 0.322 e. The van der Waals surface area contributed by atoms with Gasteiger partial charge < -0.3 is 69.5 Å². The Balaban J connectivity index is 2.05. The van der Waals surface area contributed by atoms with Crippen molar-refractivity contribution in [1.82, 2.24) is 42.1 Å². The molecule has 15 N–H and O–H groups in total. The molecule has 69 heavy (non-hydrogen) atoms. The molecule has 10 amide bonds. The maximum absolute atomic E-state index is 14.5. The molecular weight excluding hydrogens is 943 g/mol. The van der Waals surface area contributed by atoms with Gasteiger partial charge in [0.25, 0.3) is 0 Å². The zero-order valence-corrected chi connectivity index (χ0v) is 40.6. The van der Waals surface area contributed by atoms with Gasteiger partial charge in [0.2, 0.25) is 59.1 Å². The van der Waals surface area contributed by atoms with Gasteiger partial charge in [-0.25, -0.2) is 0 Å². The van der Waals surface area contributed by atoms with Crippen LogP contribution in [-0.4, -0.2) is 153 Å². The summed E-state index contributed by atoms with van der Waals surface area (Å²) in [6.07, 6.45) is -0.798. The average Bonchev–Trinajstić information content (AvgIpc) is 3.78. The van der Waals surface area contributed by atoms with Crippen molar-refractivity contribution in [2.75, 3.05) is 24.6 Å². The number of likely N-dealkylation sites (tertiary alicyclic amines) is 1. The van der Waals surface area contributed by atoms with E-state index in [1.807, 2.05) is 0 Å². The molecule has 0 aliphatic carbocycles. The molecule has 9 atom stereocenters. The Labute approximate surface area is 407 Å². The third kappa shape index (κ3) is 18.7. The molecular formula is C43H65N11O13S2. The molecule has 0 saturated carbocycles. The molecule has 1 aromatic carbocycles. The van der Waals surface area contributed by atoms with E-state index in [2.05, 4.69) is 37.2 Å². The van der Waals surface area contributed by atoms with Gasteiger partial charge >= 0.3 is 5.97 Å². The van der Waals surface area contributed by atoms with Gasteiger partial charge in [-0.3, -0.25) is 52.7 Å². The number of phenols is 1. The first-order valence-electron chi connectivity index (χ1n) is 22.5. The minimum absolute atomic E-state index is 0.0332. The second kappa shape index (κ2) is 27.7. The Bertz CT molecular complexity index is 2050. The van der Waals surface area contributed by atoms with Gasteiger partial charge in [0.1, 0.15) is 54.6 Å². The molecule has 0 bridgehead atoms. The van der Waals surface area contributed by atoms with E-state index in [1.54, 1.807) is 27.7 Å². The first-order valence-corrected chi connectivity index (χ1v) is 25.0. The fourth-order valence-corrected chi connectivity index (χ4v) is 9.61. The fraction of sp³-hybridized carbons (Fsp3) is 0.605. The van der Waals surface area contributed by atoms with Crippen molar-refractivity contribution in [3.63, 3.8) is 0 Å². The molecule has 0 spiro atoms. The second-order valence-corrected chi connectivity index (χ2v) is 19.9. The number of carbonyl (C=O) groups excluding carboxylic acids is 10. The summed E-state index contributed by atoms with van der Waals surface area (Å²) < 4.78 is 0. The molecule has 3 rings (SSSR count). The fourth-order valence-electron chi connectivity index (χ4n) is 7.33. The maximum atomic E-state index is 14.5. The van der Waals surface area contributed by atoms with E-state index in [1.165, 1.54) is 29.2 Å². The smallest absolute Gasteiger partial charge is 0.322 e. The van der Waals surface area contributed by atoms with Gasteiger partial charge in [0, 0.05) is 30.9 Å². The lowest BCUT2D eigenvalue weighted by Gasteiger charge is -2.31. The number of carbonyl (C=O) groups is 11. The Hall–Kier alpha value is -6.15. The molecule has 2 heterocycles. The largest absolute Gasteiger partial charge is 0.508 e. The van der Waals surface area contributed by atoms with Gasteiger partial charge in [-0.15, -0.1) is 0 Å². The summed E-state index contributed by atoms with van der Waals surface area (Å²) in [5, 5.41) is 36.6. The van der Waals surface area contributed by atoms with Crippen LogP contribution in [0.15, 0.2) is 24.3 Å². The van der Waals surface area contributed by atoms with E-state index in [0.717, 1.165) is 21.6 Å². The van der Waals surface area contributed by atoms with Crippen molar-refractivity contribution in [2.24, 2.45) is 29.0 Å². The highest BCUT2D eigenvalue weighted by molar-refractivity contribution is 8.76. The number of nitrogens with two attached hydrogens (primary N) is 3. The van der Waals surface area contributed by atoms with Crippen LogP contribution in [-0.2, 0) is 59.2 Å². The molecule has 9 unspecified atom stereocenters. The SMILES string of the molecule is CCC(C)C1NC(=O)C(Cc2ccc(O)cc2)NC(=O)C(N)CSSCC(C(=O)N2CCCC2C(=O)NC(CC(C)C)C(=O)NCC(=O)O)NC(=O)C(CC(N)=O)NC(=O)C(CCC(N)=O)NC1=O.